The number of nitrogens with one attached hydrogen (secondary N) is 3. The first-order valence-corrected chi connectivity index (χ1v) is 15.2. The molecular weight excluding hydrogens is 596 g/mol. The zero-order valence-corrected chi connectivity index (χ0v) is 25.3. The number of aliphatic hydroxyl groups excluding tert-OH is 2. The van der Waals surface area contributed by atoms with Crippen LogP contribution in [0, 0.1) is 0 Å². The van der Waals surface area contributed by atoms with E-state index in [-0.39, 0.29) is 30.3 Å². The third-order valence-corrected chi connectivity index (χ3v) is 7.12. The summed E-state index contributed by atoms with van der Waals surface area (Å²) < 4.78 is 17.6. The standard InChI is InChI=1S/C30H41ClN4O9/c31-11-3-1-2-4-14-42-16-17-43-15-13-33-28(39)22-9-7-21(8-10-22)27(38)32-12-5-6-23-19-35(30(41)34-29(23)40)26-18-24(37)25(20-36)44-26/h5-10,19,24-26,36-37H,1-4,11-18,20H2,(H,32,38)(H,33,39)(H,34,40,41)/t24?,25-,26-/m1/s1. The van der Waals surface area contributed by atoms with Crippen molar-refractivity contribution in [3.63, 3.8) is 0 Å². The van der Waals surface area contributed by atoms with Gasteiger partial charge in [0, 0.05) is 49.3 Å². The Hall–Kier alpha value is -3.33. The van der Waals surface area contributed by atoms with E-state index >= 15 is 0 Å². The van der Waals surface area contributed by atoms with Gasteiger partial charge in [-0.05, 0) is 37.1 Å². The lowest BCUT2D eigenvalue weighted by molar-refractivity contribution is -0.0459. The number of hydrogen-bond donors (Lipinski definition) is 5. The summed E-state index contributed by atoms with van der Waals surface area (Å²) in [5, 5.41) is 24.7. The third-order valence-electron chi connectivity index (χ3n) is 6.85. The van der Waals surface area contributed by atoms with Crippen LogP contribution in [-0.4, -0.2) is 95.8 Å². The molecule has 0 spiro atoms. The maximum Gasteiger partial charge on any atom is 0.330 e. The zero-order chi connectivity index (χ0) is 31.7. The molecule has 1 saturated heterocycles. The Bertz CT molecular complexity index is 1330. The lowest BCUT2D eigenvalue weighted by atomic mass is 10.1. The first-order valence-electron chi connectivity index (χ1n) is 14.7. The monoisotopic (exact) mass is 636 g/mol. The van der Waals surface area contributed by atoms with Crippen LogP contribution in [-0.2, 0) is 14.2 Å². The molecule has 2 amide bonds. The molecule has 44 heavy (non-hydrogen) atoms. The molecule has 1 unspecified atom stereocenters. The van der Waals surface area contributed by atoms with Crippen molar-refractivity contribution in [2.24, 2.45) is 0 Å². The number of carbonyl (C=O) groups is 2. The largest absolute Gasteiger partial charge is 0.394 e. The lowest BCUT2D eigenvalue weighted by Crippen LogP contribution is -2.33. The van der Waals surface area contributed by atoms with Gasteiger partial charge in [-0.2, -0.15) is 0 Å². The minimum Gasteiger partial charge on any atom is -0.394 e. The fourth-order valence-electron chi connectivity index (χ4n) is 4.41. The van der Waals surface area contributed by atoms with E-state index in [4.69, 9.17) is 25.8 Å². The molecule has 242 valence electrons. The third kappa shape index (κ3) is 11.3. The first-order chi connectivity index (χ1) is 21.3. The van der Waals surface area contributed by atoms with E-state index in [2.05, 4.69) is 15.6 Å². The maximum atomic E-state index is 12.5. The van der Waals surface area contributed by atoms with Gasteiger partial charge in [-0.3, -0.25) is 23.9 Å². The van der Waals surface area contributed by atoms with E-state index in [0.717, 1.165) is 30.3 Å². The molecule has 0 bridgehead atoms. The van der Waals surface area contributed by atoms with E-state index in [0.29, 0.717) is 50.0 Å². The summed E-state index contributed by atoms with van der Waals surface area (Å²) >= 11 is 5.65. The molecule has 1 fully saturated rings. The minimum absolute atomic E-state index is 0.0813. The Morgan fingerprint density at radius 1 is 1.00 bits per heavy atom. The number of benzene rings is 1. The van der Waals surface area contributed by atoms with Gasteiger partial charge in [0.2, 0.25) is 0 Å². The fourth-order valence-corrected chi connectivity index (χ4v) is 4.60. The number of amides is 2. The summed E-state index contributed by atoms with van der Waals surface area (Å²) in [7, 11) is 0. The summed E-state index contributed by atoms with van der Waals surface area (Å²) in [4.78, 5) is 51.5. The van der Waals surface area contributed by atoms with Gasteiger partial charge in [0.25, 0.3) is 17.4 Å². The maximum absolute atomic E-state index is 12.5. The highest BCUT2D eigenvalue weighted by Crippen LogP contribution is 2.27. The molecule has 3 rings (SSSR count). The normalized spacial score (nSPS) is 18.1. The van der Waals surface area contributed by atoms with Crippen molar-refractivity contribution in [1.29, 1.82) is 0 Å². The number of ether oxygens (including phenoxy) is 3. The van der Waals surface area contributed by atoms with E-state index in [1.54, 1.807) is 18.2 Å². The number of halogens is 1. The van der Waals surface area contributed by atoms with Crippen LogP contribution in [0.3, 0.4) is 0 Å². The molecule has 0 radical (unpaired) electrons. The molecule has 1 aliphatic heterocycles. The quantitative estimate of drug-likeness (QED) is 0.112. The van der Waals surface area contributed by atoms with Gasteiger partial charge in [0.15, 0.2) is 0 Å². The van der Waals surface area contributed by atoms with Crippen molar-refractivity contribution in [2.45, 2.75) is 50.5 Å². The highest BCUT2D eigenvalue weighted by atomic mass is 35.5. The predicted molar refractivity (Wildman–Crippen MR) is 164 cm³/mol. The number of aromatic amines is 1. The number of rotatable bonds is 19. The van der Waals surface area contributed by atoms with Crippen LogP contribution in [0.1, 0.15) is 64.6 Å². The van der Waals surface area contributed by atoms with Crippen molar-refractivity contribution in [3.05, 3.63) is 74.1 Å². The molecule has 2 heterocycles. The summed E-state index contributed by atoms with van der Waals surface area (Å²) in [6.45, 7) is 2.03. The second-order valence-corrected chi connectivity index (χ2v) is 10.5. The molecular formula is C30H41ClN4O9. The Kier molecular flexibility index (Phi) is 15.3. The van der Waals surface area contributed by atoms with Gasteiger partial charge >= 0.3 is 5.69 Å². The van der Waals surface area contributed by atoms with Gasteiger partial charge in [-0.25, -0.2) is 4.79 Å². The van der Waals surface area contributed by atoms with Gasteiger partial charge in [0.1, 0.15) is 12.3 Å². The van der Waals surface area contributed by atoms with Gasteiger partial charge in [-0.1, -0.05) is 25.0 Å². The Morgan fingerprint density at radius 2 is 1.66 bits per heavy atom. The molecule has 0 saturated carbocycles. The van der Waals surface area contributed by atoms with E-state index in [1.807, 2.05) is 0 Å². The SMILES string of the molecule is O=C(NCC=Cc1cn([C@H]2CC(O)[C@@H](CO)O2)c(=O)[nH]c1=O)c1ccc(C(=O)NCCOCCOCCCCCCCl)cc1. The van der Waals surface area contributed by atoms with Crippen molar-refractivity contribution in [2.75, 3.05) is 52.0 Å². The number of alkyl halides is 1. The number of nitrogens with zero attached hydrogens (tertiary/aromatic N) is 1. The van der Waals surface area contributed by atoms with Crippen molar-refractivity contribution < 1.29 is 34.0 Å². The minimum atomic E-state index is -0.941. The lowest BCUT2D eigenvalue weighted by Gasteiger charge is -2.14. The summed E-state index contributed by atoms with van der Waals surface area (Å²) in [5.74, 6) is 0.0329. The second-order valence-electron chi connectivity index (χ2n) is 10.1. The summed E-state index contributed by atoms with van der Waals surface area (Å²) in [5.41, 5.74) is -0.442. The fraction of sp³-hybridized carbons (Fsp3) is 0.533. The van der Waals surface area contributed by atoms with Crippen LogP contribution in [0.15, 0.2) is 46.1 Å². The molecule has 0 aliphatic carbocycles. The van der Waals surface area contributed by atoms with E-state index in [1.165, 1.54) is 24.4 Å². The van der Waals surface area contributed by atoms with Crippen LogP contribution < -0.4 is 21.9 Å². The molecule has 1 aromatic carbocycles. The number of carbonyl (C=O) groups excluding carboxylic acids is 2. The van der Waals surface area contributed by atoms with Gasteiger partial charge < -0.3 is 35.1 Å². The van der Waals surface area contributed by atoms with Gasteiger partial charge in [-0.15, -0.1) is 11.6 Å². The summed E-state index contributed by atoms with van der Waals surface area (Å²) in [6.07, 6.45) is 6.02. The highest BCUT2D eigenvalue weighted by Gasteiger charge is 2.35. The van der Waals surface area contributed by atoms with Crippen LogP contribution in [0.4, 0.5) is 0 Å². The van der Waals surface area contributed by atoms with Crippen molar-refractivity contribution in [3.8, 4) is 0 Å². The predicted octanol–water partition coefficient (Wildman–Crippen LogP) is 1.18. The number of unbranched alkanes of at least 4 members (excludes halogenated alkanes) is 3. The first kappa shape index (κ1) is 35.2. The highest BCUT2D eigenvalue weighted by molar-refractivity contribution is 6.17. The number of aromatic nitrogens is 2. The Balaban J connectivity index is 1.36. The molecule has 3 atom stereocenters. The Labute approximate surface area is 260 Å². The molecule has 2 aromatic rings. The second kappa shape index (κ2) is 19.1. The molecule has 14 heteroatoms. The van der Waals surface area contributed by atoms with Gasteiger partial charge in [0.05, 0.1) is 38.1 Å². The number of aliphatic hydroxyl groups is 2. The summed E-state index contributed by atoms with van der Waals surface area (Å²) in [6, 6.07) is 6.17. The number of hydrogen-bond acceptors (Lipinski definition) is 9. The smallest absolute Gasteiger partial charge is 0.330 e. The van der Waals surface area contributed by atoms with Crippen LogP contribution in [0.2, 0.25) is 0 Å². The molecule has 1 aromatic heterocycles. The van der Waals surface area contributed by atoms with Crippen molar-refractivity contribution >= 4 is 29.5 Å². The van der Waals surface area contributed by atoms with Crippen molar-refractivity contribution in [1.82, 2.24) is 20.2 Å². The topological polar surface area (TPSA) is 181 Å². The zero-order valence-electron chi connectivity index (χ0n) is 24.5. The average Bonchev–Trinajstić information content (AvgIpc) is 3.40. The molecule has 5 N–H and O–H groups in total. The van der Waals surface area contributed by atoms with Crippen LogP contribution in [0.25, 0.3) is 6.08 Å². The Morgan fingerprint density at radius 3 is 2.32 bits per heavy atom. The van der Waals surface area contributed by atoms with Crippen LogP contribution >= 0.6 is 11.6 Å². The van der Waals surface area contributed by atoms with E-state index in [9.17, 15) is 29.4 Å². The molecule has 13 nitrogen and oxygen atoms in total. The van der Waals surface area contributed by atoms with E-state index < -0.39 is 36.3 Å². The average molecular weight is 637 g/mol. The molecule has 1 aliphatic rings. The number of H-pyrrole nitrogens is 1. The van der Waals surface area contributed by atoms with Crippen LogP contribution in [0.5, 0.6) is 0 Å².